The van der Waals surface area contributed by atoms with Gasteiger partial charge in [-0.3, -0.25) is 0 Å². The van der Waals surface area contributed by atoms with E-state index >= 15 is 0 Å². The number of halogens is 1. The molecule has 19 heavy (non-hydrogen) atoms. The van der Waals surface area contributed by atoms with Crippen molar-refractivity contribution in [3.05, 3.63) is 29.6 Å². The minimum absolute atomic E-state index is 0.440. The van der Waals surface area contributed by atoms with E-state index in [0.29, 0.717) is 17.8 Å². The number of benzene rings is 1. The second-order valence-electron chi connectivity index (χ2n) is 5.29. The fourth-order valence-electron chi connectivity index (χ4n) is 3.08. The Morgan fingerprint density at radius 2 is 1.95 bits per heavy atom. The summed E-state index contributed by atoms with van der Waals surface area (Å²) in [4.78, 5) is 4.70. The van der Waals surface area contributed by atoms with Crippen molar-refractivity contribution in [2.45, 2.75) is 52.5 Å². The van der Waals surface area contributed by atoms with Crippen molar-refractivity contribution < 1.29 is 0 Å². The van der Waals surface area contributed by atoms with Crippen LogP contribution in [0.3, 0.4) is 0 Å². The van der Waals surface area contributed by atoms with Gasteiger partial charge in [-0.2, -0.15) is 0 Å². The fourth-order valence-corrected chi connectivity index (χ4v) is 3.27. The van der Waals surface area contributed by atoms with E-state index in [0.717, 1.165) is 11.3 Å². The van der Waals surface area contributed by atoms with Crippen LogP contribution in [0.1, 0.15) is 51.0 Å². The van der Waals surface area contributed by atoms with E-state index in [9.17, 15) is 0 Å². The number of aromatic nitrogens is 2. The molecule has 1 atom stereocenters. The van der Waals surface area contributed by atoms with E-state index in [-0.39, 0.29) is 0 Å². The molecule has 0 aliphatic heterocycles. The molecule has 0 N–H and O–H groups in total. The summed E-state index contributed by atoms with van der Waals surface area (Å²) in [5, 5.41) is 0. The first-order chi connectivity index (χ1) is 9.13. The molecule has 2 rings (SSSR count). The van der Waals surface area contributed by atoms with Crippen LogP contribution in [0.5, 0.6) is 0 Å². The summed E-state index contributed by atoms with van der Waals surface area (Å²) in [6, 6.07) is 6.73. The first-order valence-electron chi connectivity index (χ1n) is 7.16. The van der Waals surface area contributed by atoms with Gasteiger partial charge in [-0.15, -0.1) is 11.6 Å². The SMILES string of the molecule is CCC(CC)C(C)n1c(CCl)nc2cccc(C)c21. The molecule has 1 aromatic carbocycles. The first kappa shape index (κ1) is 14.4. The van der Waals surface area contributed by atoms with Gasteiger partial charge >= 0.3 is 0 Å². The van der Waals surface area contributed by atoms with Gasteiger partial charge in [0, 0.05) is 6.04 Å². The molecule has 0 bridgehead atoms. The fraction of sp³-hybridized carbons (Fsp3) is 0.562. The Kier molecular flexibility index (Phi) is 4.51. The molecule has 0 radical (unpaired) electrons. The summed E-state index contributed by atoms with van der Waals surface area (Å²) < 4.78 is 2.36. The number of nitrogens with zero attached hydrogens (tertiary/aromatic N) is 2. The lowest BCUT2D eigenvalue weighted by Gasteiger charge is -2.25. The third kappa shape index (κ3) is 2.51. The molecule has 0 amide bonds. The molecule has 0 fully saturated rings. The molecule has 0 saturated heterocycles. The van der Waals surface area contributed by atoms with E-state index in [1.807, 2.05) is 0 Å². The molecule has 1 unspecified atom stereocenters. The molecule has 0 aliphatic rings. The average molecular weight is 279 g/mol. The van der Waals surface area contributed by atoms with Crippen molar-refractivity contribution in [1.29, 1.82) is 0 Å². The highest BCUT2D eigenvalue weighted by atomic mass is 35.5. The number of hydrogen-bond acceptors (Lipinski definition) is 1. The maximum absolute atomic E-state index is 6.11. The van der Waals surface area contributed by atoms with Crippen LogP contribution in [-0.2, 0) is 5.88 Å². The van der Waals surface area contributed by atoms with Crippen LogP contribution in [-0.4, -0.2) is 9.55 Å². The topological polar surface area (TPSA) is 17.8 Å². The van der Waals surface area contributed by atoms with E-state index in [1.165, 1.54) is 23.9 Å². The van der Waals surface area contributed by atoms with Crippen LogP contribution in [0.15, 0.2) is 18.2 Å². The van der Waals surface area contributed by atoms with Gasteiger partial charge in [-0.05, 0) is 31.4 Å². The summed E-state index contributed by atoms with van der Waals surface area (Å²) in [6.07, 6.45) is 2.37. The zero-order valence-corrected chi connectivity index (χ0v) is 13.0. The zero-order valence-electron chi connectivity index (χ0n) is 12.3. The van der Waals surface area contributed by atoms with Gasteiger partial charge < -0.3 is 4.57 Å². The largest absolute Gasteiger partial charge is 0.324 e. The summed E-state index contributed by atoms with van der Waals surface area (Å²) in [6.45, 7) is 8.97. The summed E-state index contributed by atoms with van der Waals surface area (Å²) >= 11 is 6.11. The zero-order chi connectivity index (χ0) is 14.0. The minimum atomic E-state index is 0.440. The smallest absolute Gasteiger partial charge is 0.125 e. The van der Waals surface area contributed by atoms with E-state index < -0.39 is 0 Å². The van der Waals surface area contributed by atoms with Crippen LogP contribution in [0.25, 0.3) is 11.0 Å². The lowest BCUT2D eigenvalue weighted by atomic mass is 9.95. The highest BCUT2D eigenvalue weighted by Crippen LogP contribution is 2.31. The molecule has 0 spiro atoms. The number of fused-ring (bicyclic) bond motifs is 1. The molecule has 3 heteroatoms. The number of para-hydroxylation sites is 1. The van der Waals surface area contributed by atoms with E-state index in [1.54, 1.807) is 0 Å². The minimum Gasteiger partial charge on any atom is -0.324 e. The maximum Gasteiger partial charge on any atom is 0.125 e. The Hall–Kier alpha value is -1.02. The Morgan fingerprint density at radius 3 is 2.53 bits per heavy atom. The van der Waals surface area contributed by atoms with E-state index in [2.05, 4.69) is 50.5 Å². The predicted molar refractivity (Wildman–Crippen MR) is 82.8 cm³/mol. The summed E-state index contributed by atoms with van der Waals surface area (Å²) in [5.74, 6) is 2.13. The van der Waals surface area contributed by atoms with Crippen molar-refractivity contribution in [2.75, 3.05) is 0 Å². The lowest BCUT2D eigenvalue weighted by Crippen LogP contribution is -2.17. The van der Waals surface area contributed by atoms with Gasteiger partial charge in [0.2, 0.25) is 0 Å². The molecule has 2 aromatic rings. The van der Waals surface area contributed by atoms with Crippen molar-refractivity contribution >= 4 is 22.6 Å². The van der Waals surface area contributed by atoms with Crippen LogP contribution in [0, 0.1) is 12.8 Å². The van der Waals surface area contributed by atoms with Crippen molar-refractivity contribution in [3.63, 3.8) is 0 Å². The van der Waals surface area contributed by atoms with Gasteiger partial charge in [0.25, 0.3) is 0 Å². The van der Waals surface area contributed by atoms with Gasteiger partial charge in [-0.25, -0.2) is 4.98 Å². The molecule has 104 valence electrons. The molecular weight excluding hydrogens is 256 g/mol. The highest BCUT2D eigenvalue weighted by Gasteiger charge is 2.21. The molecular formula is C16H23ClN2. The number of rotatable bonds is 5. The Bertz CT molecular complexity index is 555. The first-order valence-corrected chi connectivity index (χ1v) is 7.69. The second-order valence-corrected chi connectivity index (χ2v) is 5.56. The van der Waals surface area contributed by atoms with Crippen molar-refractivity contribution in [1.82, 2.24) is 9.55 Å². The summed E-state index contributed by atoms with van der Waals surface area (Å²) in [7, 11) is 0. The Morgan fingerprint density at radius 1 is 1.26 bits per heavy atom. The average Bonchev–Trinajstić information content (AvgIpc) is 2.79. The van der Waals surface area contributed by atoms with Crippen LogP contribution in [0.4, 0.5) is 0 Å². The summed E-state index contributed by atoms with van der Waals surface area (Å²) in [5.41, 5.74) is 3.59. The van der Waals surface area contributed by atoms with Crippen LogP contribution >= 0.6 is 11.6 Å². The highest BCUT2D eigenvalue weighted by molar-refractivity contribution is 6.16. The number of alkyl halides is 1. The Balaban J connectivity index is 2.63. The normalized spacial score (nSPS) is 13.4. The standard InChI is InChI=1S/C16H23ClN2/c1-5-13(6-2)12(4)19-15(10-17)18-14-9-7-8-11(3)16(14)19/h7-9,12-13H,5-6,10H2,1-4H3. The van der Waals surface area contributed by atoms with Crippen LogP contribution in [0.2, 0.25) is 0 Å². The second kappa shape index (κ2) is 5.96. The predicted octanol–water partition coefficient (Wildman–Crippen LogP) is 5.08. The monoisotopic (exact) mass is 278 g/mol. The quantitative estimate of drug-likeness (QED) is 0.697. The van der Waals surface area contributed by atoms with Crippen molar-refractivity contribution in [3.8, 4) is 0 Å². The van der Waals surface area contributed by atoms with E-state index in [4.69, 9.17) is 16.6 Å². The number of imidazole rings is 1. The number of aryl methyl sites for hydroxylation is 1. The van der Waals surface area contributed by atoms with Gasteiger partial charge in [0.15, 0.2) is 0 Å². The van der Waals surface area contributed by atoms with Gasteiger partial charge in [0.05, 0.1) is 16.9 Å². The molecule has 0 aliphatic carbocycles. The van der Waals surface area contributed by atoms with Crippen LogP contribution < -0.4 is 0 Å². The third-order valence-corrected chi connectivity index (χ3v) is 4.48. The number of hydrogen-bond donors (Lipinski definition) is 0. The van der Waals surface area contributed by atoms with Gasteiger partial charge in [-0.1, -0.05) is 38.8 Å². The lowest BCUT2D eigenvalue weighted by molar-refractivity contribution is 0.334. The van der Waals surface area contributed by atoms with Crippen molar-refractivity contribution in [2.24, 2.45) is 5.92 Å². The molecule has 1 aromatic heterocycles. The van der Waals surface area contributed by atoms with Gasteiger partial charge in [0.1, 0.15) is 5.82 Å². The maximum atomic E-state index is 6.11. The molecule has 0 saturated carbocycles. The Labute approximate surface area is 120 Å². The third-order valence-electron chi connectivity index (χ3n) is 4.24. The molecule has 1 heterocycles. The molecule has 2 nitrogen and oxygen atoms in total.